The van der Waals surface area contributed by atoms with Gasteiger partial charge in [0.2, 0.25) is 17.8 Å². The first kappa shape index (κ1) is 15.7. The first-order valence-electron chi connectivity index (χ1n) is 6.98. The second-order valence-corrected chi connectivity index (χ2v) is 5.51. The zero-order valence-electron chi connectivity index (χ0n) is 12.5. The van der Waals surface area contributed by atoms with Gasteiger partial charge in [0.25, 0.3) is 0 Å². The fraction of sp³-hybridized carbons (Fsp3) is 0.750. The first-order chi connectivity index (χ1) is 10.0. The van der Waals surface area contributed by atoms with Crippen molar-refractivity contribution in [3.63, 3.8) is 0 Å². The quantitative estimate of drug-likeness (QED) is 0.409. The summed E-state index contributed by atoms with van der Waals surface area (Å²) in [6.07, 6.45) is 0.580. The van der Waals surface area contributed by atoms with Crippen molar-refractivity contribution in [2.75, 3.05) is 48.6 Å². The van der Waals surface area contributed by atoms with E-state index in [1.165, 1.54) is 0 Å². The van der Waals surface area contributed by atoms with Gasteiger partial charge in [-0.15, -0.1) is 0 Å². The smallest absolute Gasteiger partial charge is 0.243 e. The maximum atomic E-state index is 9.09. The average Bonchev–Trinajstić information content (AvgIpc) is 2.47. The normalized spacial score (nSPS) is 15.9. The second-order valence-electron chi connectivity index (χ2n) is 5.51. The molecule has 0 bridgehead atoms. The third kappa shape index (κ3) is 4.38. The van der Waals surface area contributed by atoms with E-state index < -0.39 is 0 Å². The number of nitrogens with zero attached hydrogens (tertiary/aromatic N) is 4. The van der Waals surface area contributed by atoms with E-state index in [0.717, 1.165) is 13.1 Å². The molecule has 2 rings (SSSR count). The molecule has 21 heavy (non-hydrogen) atoms. The molecule has 0 atom stereocenters. The lowest BCUT2D eigenvalue weighted by Gasteiger charge is -2.29. The van der Waals surface area contributed by atoms with Crippen molar-refractivity contribution < 1.29 is 9.84 Å². The fourth-order valence-electron chi connectivity index (χ4n) is 2.03. The Labute approximate surface area is 123 Å². The summed E-state index contributed by atoms with van der Waals surface area (Å²) in [5.74, 6) is 6.71. The number of hydrogen-bond donors (Lipinski definition) is 4. The molecule has 0 radical (unpaired) electrons. The predicted octanol–water partition coefficient (Wildman–Crippen LogP) is -0.433. The van der Waals surface area contributed by atoms with Crippen LogP contribution in [-0.2, 0) is 4.74 Å². The van der Waals surface area contributed by atoms with Crippen molar-refractivity contribution in [3.05, 3.63) is 0 Å². The summed E-state index contributed by atoms with van der Waals surface area (Å²) in [6.45, 7) is 6.78. The Bertz CT molecular complexity index is 463. The summed E-state index contributed by atoms with van der Waals surface area (Å²) in [5.41, 5.74) is 2.13. The van der Waals surface area contributed by atoms with E-state index in [1.807, 2.05) is 18.7 Å². The van der Waals surface area contributed by atoms with Gasteiger partial charge in [0.15, 0.2) is 0 Å². The van der Waals surface area contributed by atoms with E-state index >= 15 is 0 Å². The fourth-order valence-corrected chi connectivity index (χ4v) is 2.03. The van der Waals surface area contributed by atoms with E-state index in [4.69, 9.17) is 15.7 Å². The third-order valence-electron chi connectivity index (χ3n) is 3.23. The molecule has 1 aromatic rings. The molecule has 1 fully saturated rings. The maximum absolute atomic E-state index is 9.09. The lowest BCUT2D eigenvalue weighted by atomic mass is 10.0. The Balaban J connectivity index is 2.20. The molecule has 0 unspecified atom stereocenters. The van der Waals surface area contributed by atoms with E-state index in [1.54, 1.807) is 0 Å². The number of aliphatic hydroxyl groups excluding tert-OH is 1. The summed E-state index contributed by atoms with van der Waals surface area (Å²) in [4.78, 5) is 14.9. The molecular weight excluding hydrogens is 274 g/mol. The number of rotatable bonds is 6. The minimum atomic E-state index is -0.329. The number of nitrogens with one attached hydrogen (secondary N) is 2. The lowest BCUT2D eigenvalue weighted by Crippen LogP contribution is -2.38. The number of ether oxygens (including phenoxy) is 1. The van der Waals surface area contributed by atoms with Crippen LogP contribution in [0.15, 0.2) is 0 Å². The molecule has 1 aliphatic rings. The second kappa shape index (κ2) is 6.83. The van der Waals surface area contributed by atoms with Crippen LogP contribution in [0.4, 0.5) is 17.8 Å². The molecular formula is C12H23N7O2. The molecule has 0 aromatic carbocycles. The highest BCUT2D eigenvalue weighted by Crippen LogP contribution is 2.19. The van der Waals surface area contributed by atoms with Crippen LogP contribution >= 0.6 is 0 Å². The van der Waals surface area contributed by atoms with Crippen molar-refractivity contribution in [1.82, 2.24) is 15.0 Å². The van der Waals surface area contributed by atoms with Gasteiger partial charge in [-0.25, -0.2) is 5.84 Å². The summed E-state index contributed by atoms with van der Waals surface area (Å²) in [6, 6.07) is 0. The van der Waals surface area contributed by atoms with Crippen LogP contribution in [0.3, 0.4) is 0 Å². The largest absolute Gasteiger partial charge is 0.396 e. The number of aliphatic hydroxyl groups is 1. The highest BCUT2D eigenvalue weighted by Gasteiger charge is 2.21. The van der Waals surface area contributed by atoms with Crippen molar-refractivity contribution in [1.29, 1.82) is 0 Å². The zero-order chi connectivity index (χ0) is 15.3. The maximum Gasteiger partial charge on any atom is 0.243 e. The number of hydrogen-bond acceptors (Lipinski definition) is 9. The van der Waals surface area contributed by atoms with Crippen LogP contribution in [0.2, 0.25) is 0 Å². The van der Waals surface area contributed by atoms with Gasteiger partial charge < -0.3 is 20.1 Å². The van der Waals surface area contributed by atoms with E-state index in [-0.39, 0.29) is 12.1 Å². The van der Waals surface area contributed by atoms with E-state index in [0.29, 0.717) is 37.5 Å². The molecule has 0 aliphatic carbocycles. The van der Waals surface area contributed by atoms with Crippen LogP contribution in [0.25, 0.3) is 0 Å². The summed E-state index contributed by atoms with van der Waals surface area (Å²) < 4.78 is 5.32. The van der Waals surface area contributed by atoms with Crippen LogP contribution in [0.5, 0.6) is 0 Å². The van der Waals surface area contributed by atoms with Gasteiger partial charge in [0, 0.05) is 25.2 Å². The van der Waals surface area contributed by atoms with E-state index in [2.05, 4.69) is 25.7 Å². The Hall–Kier alpha value is -1.71. The van der Waals surface area contributed by atoms with Gasteiger partial charge in [-0.05, 0) is 20.3 Å². The Kier molecular flexibility index (Phi) is 5.10. The van der Waals surface area contributed by atoms with Crippen LogP contribution in [-0.4, -0.2) is 58.5 Å². The third-order valence-corrected chi connectivity index (χ3v) is 3.23. The molecule has 9 nitrogen and oxygen atoms in total. The van der Waals surface area contributed by atoms with Crippen LogP contribution in [0.1, 0.15) is 20.3 Å². The molecule has 5 N–H and O–H groups in total. The molecule has 0 amide bonds. The molecule has 2 heterocycles. The lowest BCUT2D eigenvalue weighted by molar-refractivity contribution is 0.122. The summed E-state index contributed by atoms with van der Waals surface area (Å²) >= 11 is 0. The summed E-state index contributed by atoms with van der Waals surface area (Å²) in [7, 11) is 0. The minimum Gasteiger partial charge on any atom is -0.396 e. The van der Waals surface area contributed by atoms with Gasteiger partial charge in [-0.3, -0.25) is 5.43 Å². The van der Waals surface area contributed by atoms with Crippen molar-refractivity contribution in [2.45, 2.75) is 25.8 Å². The summed E-state index contributed by atoms with van der Waals surface area (Å²) in [5, 5.41) is 12.3. The molecule has 1 saturated heterocycles. The minimum absolute atomic E-state index is 0.0867. The van der Waals surface area contributed by atoms with Gasteiger partial charge >= 0.3 is 0 Å². The highest BCUT2D eigenvalue weighted by atomic mass is 16.5. The zero-order valence-corrected chi connectivity index (χ0v) is 12.5. The molecule has 1 aromatic heterocycles. The number of nitrogen functional groups attached to an aromatic ring is 1. The van der Waals surface area contributed by atoms with Gasteiger partial charge in [-0.2, -0.15) is 15.0 Å². The molecule has 0 saturated carbocycles. The molecule has 9 heteroatoms. The van der Waals surface area contributed by atoms with Crippen molar-refractivity contribution >= 4 is 17.8 Å². The van der Waals surface area contributed by atoms with Gasteiger partial charge in [-0.1, -0.05) is 0 Å². The van der Waals surface area contributed by atoms with Crippen LogP contribution < -0.4 is 21.5 Å². The highest BCUT2D eigenvalue weighted by molar-refractivity contribution is 5.44. The molecule has 1 aliphatic heterocycles. The van der Waals surface area contributed by atoms with Crippen molar-refractivity contribution in [2.24, 2.45) is 5.84 Å². The van der Waals surface area contributed by atoms with Gasteiger partial charge in [0.1, 0.15) is 0 Å². The van der Waals surface area contributed by atoms with Gasteiger partial charge in [0.05, 0.1) is 13.2 Å². The van der Waals surface area contributed by atoms with Crippen LogP contribution in [0, 0.1) is 0 Å². The Morgan fingerprint density at radius 1 is 1.24 bits per heavy atom. The monoisotopic (exact) mass is 297 g/mol. The molecule has 118 valence electrons. The first-order valence-corrected chi connectivity index (χ1v) is 6.98. The molecule has 0 spiro atoms. The Morgan fingerprint density at radius 2 is 1.90 bits per heavy atom. The average molecular weight is 297 g/mol. The SMILES string of the molecule is CC(C)(CCO)Nc1nc(NN)nc(N2CCOCC2)n1. The standard InChI is InChI=1S/C12H23N7O2/c1-12(2,3-6-20)17-9-14-10(18-13)16-11(15-9)19-4-7-21-8-5-19/h20H,3-8,13H2,1-2H3,(H2,14,15,16,17,18). The predicted molar refractivity (Wildman–Crippen MR) is 80.1 cm³/mol. The Morgan fingerprint density at radius 3 is 2.52 bits per heavy atom. The number of anilines is 3. The van der Waals surface area contributed by atoms with Crippen molar-refractivity contribution in [3.8, 4) is 0 Å². The number of morpholine rings is 1. The topological polar surface area (TPSA) is 121 Å². The van der Waals surface area contributed by atoms with E-state index in [9.17, 15) is 0 Å². The number of hydrazine groups is 1. The number of aromatic nitrogens is 3. The number of nitrogens with two attached hydrogens (primary N) is 1.